The van der Waals surface area contributed by atoms with Gasteiger partial charge in [0.2, 0.25) is 0 Å². The Bertz CT molecular complexity index is 3970. The molecule has 70 heavy (non-hydrogen) atoms. The second-order valence-electron chi connectivity index (χ2n) is 17.0. The van der Waals surface area contributed by atoms with Gasteiger partial charge in [-0.3, -0.25) is 0 Å². The highest BCUT2D eigenvalue weighted by molar-refractivity contribution is 6.72. The van der Waals surface area contributed by atoms with E-state index >= 15 is 0 Å². The average molecular weight is 853 g/mol. The van der Waals surface area contributed by atoms with E-state index in [-0.39, 0.29) is 87.6 Å². The van der Waals surface area contributed by atoms with Gasteiger partial charge in [0.25, 0.3) is 0 Å². The monoisotopic (exact) mass is 855 g/mol. The normalized spacial score (nSPS) is 11.7. The third-order valence-electron chi connectivity index (χ3n) is 13.2. The number of hydrogen-bond donors (Lipinski definition) is 0. The molecule has 0 bridgehead atoms. The van der Waals surface area contributed by atoms with E-state index in [0.29, 0.717) is 78.0 Å². The van der Waals surface area contributed by atoms with Crippen LogP contribution in [0.15, 0.2) is 115 Å². The number of hydrogen-bond acceptors (Lipinski definition) is 3. The molecule has 0 aliphatic rings. The second-order valence-corrected chi connectivity index (χ2v) is 17.0. The first-order valence-corrected chi connectivity index (χ1v) is 21.8. The minimum absolute atomic E-state index is 0.0102. The summed E-state index contributed by atoms with van der Waals surface area (Å²) in [6.07, 6.45) is 0. The van der Waals surface area contributed by atoms with E-state index < -0.39 is 0 Å². The van der Waals surface area contributed by atoms with Gasteiger partial charge in [0.15, 0.2) is 17.5 Å². The van der Waals surface area contributed by atoms with Crippen molar-refractivity contribution in [2.45, 2.75) is 0 Å². The fraction of sp³-hybridized carbons (Fsp3) is 0. The summed E-state index contributed by atoms with van der Waals surface area (Å²) < 4.78 is 3.58. The predicted octanol–water partition coefficient (Wildman–Crippen LogP) is -4.15. The molecule has 0 amide bonds. The maximum Gasteiger partial charge on any atom is 0.164 e. The molecule has 3 heterocycles. The van der Waals surface area contributed by atoms with Gasteiger partial charge in [0.1, 0.15) is 110 Å². The lowest BCUT2D eigenvalue weighted by atomic mass is 9.61. The zero-order valence-corrected chi connectivity index (χ0v) is 37.3. The quantitative estimate of drug-likeness (QED) is 0.160. The number of rotatable bonds is 6. The van der Waals surface area contributed by atoms with E-state index in [4.69, 9.17) is 125 Å². The third kappa shape index (κ3) is 6.63. The Morgan fingerprint density at radius 3 is 0.871 bits per heavy atom. The molecule has 11 aromatic rings. The average Bonchev–Trinajstić information content (AvgIpc) is 3.95. The zero-order chi connectivity index (χ0) is 49.2. The largest absolute Gasteiger partial charge is 0.311 e. The van der Waals surface area contributed by atoms with Crippen LogP contribution >= 0.6 is 0 Å². The van der Waals surface area contributed by atoms with E-state index in [2.05, 4.69) is 0 Å². The van der Waals surface area contributed by atoms with Crippen LogP contribution in [0.5, 0.6) is 0 Å². The molecule has 0 N–H and O–H groups in total. The maximum atomic E-state index is 7.37. The van der Waals surface area contributed by atoms with Crippen molar-refractivity contribution >= 4 is 230 Å². The van der Waals surface area contributed by atoms with Gasteiger partial charge in [-0.05, 0) is 58.3 Å². The standard InChI is InChI=1S/C51H19B14N5/c52-31-25(33(54)41(62)45-27(31)29-35(56)37(58)39(60)43(64)47(29)69(45)23-14-8-3-9-15-23)26-32(53)28-30-36(57)38(59)40(61)44(65)48(30)70(46(28)42(63)34(26)55)24-18-16-22(17-19-24)51-67-49(20-10-4-1-5-11-20)66-50(68-51)21-12-6-2-7-13-21/h1-19H. The summed E-state index contributed by atoms with van der Waals surface area (Å²) in [5.74, 6) is 1.45. The molecule has 8 aromatic carbocycles. The molecule has 11 rings (SSSR count). The van der Waals surface area contributed by atoms with Gasteiger partial charge in [-0.1, -0.05) is 133 Å². The smallest absolute Gasteiger partial charge is 0.164 e. The van der Waals surface area contributed by atoms with Gasteiger partial charge in [0.05, 0.1) is 0 Å². The molecule has 0 aliphatic heterocycles. The van der Waals surface area contributed by atoms with E-state index in [0.717, 1.165) is 11.1 Å². The molecule has 0 saturated carbocycles. The van der Waals surface area contributed by atoms with Gasteiger partial charge in [0, 0.05) is 60.9 Å². The minimum Gasteiger partial charge on any atom is -0.311 e. The highest BCUT2D eigenvalue weighted by atomic mass is 15.0. The summed E-state index contributed by atoms with van der Waals surface area (Å²) in [5.41, 5.74) is 6.48. The van der Waals surface area contributed by atoms with E-state index in [9.17, 15) is 0 Å². The van der Waals surface area contributed by atoms with Gasteiger partial charge < -0.3 is 9.13 Å². The van der Waals surface area contributed by atoms with Crippen molar-refractivity contribution in [3.63, 3.8) is 0 Å². The van der Waals surface area contributed by atoms with E-state index in [1.54, 1.807) is 9.13 Å². The van der Waals surface area contributed by atoms with Crippen molar-refractivity contribution in [2.24, 2.45) is 0 Å². The molecule has 28 radical (unpaired) electrons. The summed E-state index contributed by atoms with van der Waals surface area (Å²) in [6.45, 7) is 0. The van der Waals surface area contributed by atoms with Crippen LogP contribution < -0.4 is 76.5 Å². The predicted molar refractivity (Wildman–Crippen MR) is 306 cm³/mol. The van der Waals surface area contributed by atoms with Crippen molar-refractivity contribution in [1.29, 1.82) is 0 Å². The Balaban J connectivity index is 1.18. The zero-order valence-electron chi connectivity index (χ0n) is 37.3. The van der Waals surface area contributed by atoms with Crippen molar-refractivity contribution in [3.05, 3.63) is 115 Å². The molecule has 19 heteroatoms. The maximum absolute atomic E-state index is 7.37. The lowest BCUT2D eigenvalue weighted by Gasteiger charge is -2.25. The van der Waals surface area contributed by atoms with Crippen molar-refractivity contribution in [3.8, 4) is 56.7 Å². The Hall–Kier alpha value is -6.72. The third-order valence-corrected chi connectivity index (χ3v) is 13.2. The first kappa shape index (κ1) is 45.7. The first-order valence-electron chi connectivity index (χ1n) is 21.8. The summed E-state index contributed by atoms with van der Waals surface area (Å²) >= 11 is 0. The lowest BCUT2D eigenvalue weighted by Crippen LogP contribution is -2.48. The number of fused-ring (bicyclic) bond motifs is 6. The molecule has 0 aliphatic carbocycles. The molecule has 0 fully saturated rings. The summed E-state index contributed by atoms with van der Waals surface area (Å²) in [7, 11) is 96.7. The fourth-order valence-corrected chi connectivity index (χ4v) is 9.71. The molecule has 0 saturated heterocycles. The van der Waals surface area contributed by atoms with Crippen LogP contribution in [0.3, 0.4) is 0 Å². The number of benzene rings is 8. The first-order chi connectivity index (χ1) is 33.6. The molecule has 5 nitrogen and oxygen atoms in total. The topological polar surface area (TPSA) is 48.5 Å². The van der Waals surface area contributed by atoms with Crippen molar-refractivity contribution < 1.29 is 0 Å². The number of aromatic nitrogens is 5. The van der Waals surface area contributed by atoms with Crippen LogP contribution in [-0.2, 0) is 0 Å². The summed E-state index contributed by atoms with van der Waals surface area (Å²) in [6, 6.07) is 36.1. The van der Waals surface area contributed by atoms with Crippen LogP contribution in [0.25, 0.3) is 100 Å². The summed E-state index contributed by atoms with van der Waals surface area (Å²) in [5, 5.41) is 1.42. The van der Waals surface area contributed by atoms with Crippen LogP contribution in [-0.4, -0.2) is 134 Å². The van der Waals surface area contributed by atoms with Gasteiger partial charge in [-0.2, -0.15) is 0 Å². The van der Waals surface area contributed by atoms with Crippen molar-refractivity contribution in [1.82, 2.24) is 24.1 Å². The second kappa shape index (κ2) is 17.0. The number of para-hydroxylation sites is 1. The Labute approximate surface area is 423 Å². The Kier molecular flexibility index (Phi) is 11.1. The van der Waals surface area contributed by atoms with Gasteiger partial charge in [-0.15, -0.1) is 21.9 Å². The highest BCUT2D eigenvalue weighted by Gasteiger charge is 2.28. The van der Waals surface area contributed by atoms with Crippen LogP contribution in [0.1, 0.15) is 0 Å². The minimum atomic E-state index is 0.0102. The molecular formula is C51H19B14N5. The molecule has 3 aromatic heterocycles. The van der Waals surface area contributed by atoms with Crippen molar-refractivity contribution in [2.75, 3.05) is 0 Å². The number of nitrogens with zero attached hydrogens (tertiary/aromatic N) is 5. The Morgan fingerprint density at radius 1 is 0.243 bits per heavy atom. The van der Waals surface area contributed by atoms with Crippen LogP contribution in [0.4, 0.5) is 0 Å². The molecule has 0 unspecified atom stereocenters. The molecule has 0 atom stereocenters. The van der Waals surface area contributed by atoms with Gasteiger partial charge >= 0.3 is 0 Å². The summed E-state index contributed by atoms with van der Waals surface area (Å²) in [4.78, 5) is 14.6. The molecule has 0 spiro atoms. The van der Waals surface area contributed by atoms with E-state index in [1.807, 2.05) is 115 Å². The lowest BCUT2D eigenvalue weighted by molar-refractivity contribution is 1.07. The van der Waals surface area contributed by atoms with Crippen LogP contribution in [0.2, 0.25) is 0 Å². The molecular weight excluding hydrogens is 834 g/mol. The van der Waals surface area contributed by atoms with Crippen LogP contribution in [0, 0.1) is 0 Å². The van der Waals surface area contributed by atoms with Gasteiger partial charge in [-0.25, -0.2) is 15.0 Å². The molecule has 290 valence electrons. The SMILES string of the molecule is [B]c1c([B])c([B])c2c(c1[B])c1c([B])c(-c3c([B])c([B])c4c(c3[B])c3c([B])c([B])c([B])c([B])c3n4-c3ccc(-c4nc(-c5ccccc5)nc(-c5ccccc5)n4)cc3)c([B])c([B])c1n2-c1ccccc1. The highest BCUT2D eigenvalue weighted by Crippen LogP contribution is 2.33. The Morgan fingerprint density at radius 2 is 0.514 bits per heavy atom. The van der Waals surface area contributed by atoms with E-state index in [1.165, 1.54) is 0 Å². The fourth-order valence-electron chi connectivity index (χ4n) is 9.71.